The van der Waals surface area contributed by atoms with Gasteiger partial charge in [0.15, 0.2) is 0 Å². The Morgan fingerprint density at radius 3 is 3.05 bits per heavy atom. The van der Waals surface area contributed by atoms with Crippen LogP contribution >= 0.6 is 11.3 Å². The second kappa shape index (κ2) is 6.11. The fourth-order valence-electron chi connectivity index (χ4n) is 2.60. The van der Waals surface area contributed by atoms with E-state index in [1.165, 1.54) is 10.4 Å². The van der Waals surface area contributed by atoms with E-state index in [0.717, 1.165) is 41.1 Å². The molecule has 0 aliphatic heterocycles. The summed E-state index contributed by atoms with van der Waals surface area (Å²) in [5.74, 6) is 0.825. The van der Waals surface area contributed by atoms with Gasteiger partial charge in [0.05, 0.1) is 12.2 Å². The Bertz CT molecular complexity index is 725. The van der Waals surface area contributed by atoms with Gasteiger partial charge >= 0.3 is 0 Å². The molecular formula is C17H16N2OS. The molecule has 0 amide bonds. The van der Waals surface area contributed by atoms with Crippen molar-refractivity contribution in [3.05, 3.63) is 45.8 Å². The minimum absolute atomic E-state index is 0.627. The molecule has 21 heavy (non-hydrogen) atoms. The molecule has 0 radical (unpaired) electrons. The lowest BCUT2D eigenvalue weighted by Gasteiger charge is -2.05. The average molecular weight is 296 g/mol. The molecule has 1 aromatic carbocycles. The highest BCUT2D eigenvalue weighted by Gasteiger charge is 2.21. The number of para-hydroxylation sites is 1. The Morgan fingerprint density at radius 1 is 1.38 bits per heavy atom. The van der Waals surface area contributed by atoms with Gasteiger partial charge < -0.3 is 4.74 Å². The zero-order valence-electron chi connectivity index (χ0n) is 11.9. The lowest BCUT2D eigenvalue weighted by molar-refractivity contribution is 0.340. The van der Waals surface area contributed by atoms with Crippen molar-refractivity contribution in [2.75, 3.05) is 6.61 Å². The van der Waals surface area contributed by atoms with Crippen molar-refractivity contribution in [3.63, 3.8) is 0 Å². The number of rotatable bonds is 4. The van der Waals surface area contributed by atoms with E-state index in [0.29, 0.717) is 6.61 Å². The number of nitrogens with zero attached hydrogens (tertiary/aromatic N) is 2. The number of thiophene rings is 1. The zero-order chi connectivity index (χ0) is 14.7. The molecule has 106 valence electrons. The maximum absolute atomic E-state index is 9.37. The van der Waals surface area contributed by atoms with Crippen molar-refractivity contribution in [2.45, 2.75) is 26.2 Å². The van der Waals surface area contributed by atoms with Gasteiger partial charge in [-0.25, -0.2) is 4.99 Å². The average Bonchev–Trinajstić information content (AvgIpc) is 3.06. The van der Waals surface area contributed by atoms with Crippen LogP contribution in [-0.4, -0.2) is 12.8 Å². The molecule has 2 aromatic rings. The van der Waals surface area contributed by atoms with Gasteiger partial charge in [-0.05, 0) is 43.9 Å². The van der Waals surface area contributed by atoms with Crippen LogP contribution in [0.3, 0.4) is 0 Å². The number of aliphatic imine (C=N–C) groups is 1. The number of fused-ring (bicyclic) bond motifs is 1. The molecule has 1 aliphatic rings. The molecule has 0 N–H and O–H groups in total. The smallest absolute Gasteiger partial charge is 0.134 e. The van der Waals surface area contributed by atoms with Gasteiger partial charge in [-0.15, -0.1) is 11.3 Å². The number of nitriles is 1. The topological polar surface area (TPSA) is 45.4 Å². The number of benzene rings is 1. The third-order valence-corrected chi connectivity index (χ3v) is 4.75. The third-order valence-electron chi connectivity index (χ3n) is 3.55. The van der Waals surface area contributed by atoms with Crippen LogP contribution in [0.25, 0.3) is 0 Å². The molecular weight excluding hydrogens is 280 g/mol. The first kappa shape index (κ1) is 13.8. The van der Waals surface area contributed by atoms with Crippen molar-refractivity contribution >= 4 is 22.6 Å². The number of hydrogen-bond acceptors (Lipinski definition) is 4. The second-order valence-corrected chi connectivity index (χ2v) is 5.96. The van der Waals surface area contributed by atoms with Crippen molar-refractivity contribution in [2.24, 2.45) is 4.99 Å². The van der Waals surface area contributed by atoms with Crippen molar-refractivity contribution in [3.8, 4) is 11.8 Å². The summed E-state index contributed by atoms with van der Waals surface area (Å²) in [5.41, 5.74) is 2.92. The minimum Gasteiger partial charge on any atom is -0.493 e. The van der Waals surface area contributed by atoms with Crippen LogP contribution in [0.5, 0.6) is 5.75 Å². The van der Waals surface area contributed by atoms with Crippen molar-refractivity contribution in [1.82, 2.24) is 0 Å². The first-order chi connectivity index (χ1) is 10.3. The molecule has 4 heteroatoms. The van der Waals surface area contributed by atoms with Gasteiger partial charge in [0.25, 0.3) is 0 Å². The summed E-state index contributed by atoms with van der Waals surface area (Å²) in [4.78, 5) is 5.87. The molecule has 3 nitrogen and oxygen atoms in total. The lowest BCUT2D eigenvalue weighted by atomic mass is 10.1. The van der Waals surface area contributed by atoms with E-state index in [2.05, 4.69) is 11.1 Å². The molecule has 1 aliphatic carbocycles. The summed E-state index contributed by atoms with van der Waals surface area (Å²) < 4.78 is 5.59. The minimum atomic E-state index is 0.627. The van der Waals surface area contributed by atoms with Crippen LogP contribution in [-0.2, 0) is 12.8 Å². The van der Waals surface area contributed by atoms with E-state index in [-0.39, 0.29) is 0 Å². The van der Waals surface area contributed by atoms with Crippen LogP contribution < -0.4 is 4.74 Å². The monoisotopic (exact) mass is 296 g/mol. The van der Waals surface area contributed by atoms with Gasteiger partial charge in [-0.2, -0.15) is 5.26 Å². The van der Waals surface area contributed by atoms with E-state index < -0.39 is 0 Å². The predicted octanol–water partition coefficient (Wildman–Crippen LogP) is 4.26. The SMILES string of the molecule is CCOc1ccccc1C=Nc1sc2c(c1C#N)CCC2. The number of ether oxygens (including phenoxy) is 1. The lowest BCUT2D eigenvalue weighted by Crippen LogP contribution is -1.95. The van der Waals surface area contributed by atoms with Gasteiger partial charge in [-0.1, -0.05) is 12.1 Å². The fourth-order valence-corrected chi connectivity index (χ4v) is 3.78. The van der Waals surface area contributed by atoms with Crippen molar-refractivity contribution < 1.29 is 4.74 Å². The Kier molecular flexibility index (Phi) is 4.03. The highest BCUT2D eigenvalue weighted by Crippen LogP contribution is 2.40. The van der Waals surface area contributed by atoms with E-state index >= 15 is 0 Å². The summed E-state index contributed by atoms with van der Waals surface area (Å²) in [6.45, 7) is 2.59. The van der Waals surface area contributed by atoms with Gasteiger partial charge in [0.1, 0.15) is 16.8 Å². The Morgan fingerprint density at radius 2 is 2.24 bits per heavy atom. The molecule has 0 spiro atoms. The van der Waals surface area contributed by atoms with Gasteiger partial charge in [0.2, 0.25) is 0 Å². The fraction of sp³-hybridized carbons (Fsp3) is 0.294. The van der Waals surface area contributed by atoms with Crippen LogP contribution in [0.4, 0.5) is 5.00 Å². The number of aryl methyl sites for hydroxylation is 1. The van der Waals surface area contributed by atoms with E-state index in [4.69, 9.17) is 4.74 Å². The third kappa shape index (κ3) is 2.70. The second-order valence-electron chi connectivity index (χ2n) is 4.88. The highest BCUT2D eigenvalue weighted by atomic mass is 32.1. The molecule has 0 fully saturated rings. The maximum atomic E-state index is 9.37. The molecule has 0 saturated carbocycles. The van der Waals surface area contributed by atoms with Crippen LogP contribution in [0.15, 0.2) is 29.3 Å². The normalized spacial score (nSPS) is 13.3. The summed E-state index contributed by atoms with van der Waals surface area (Å²) >= 11 is 1.65. The molecule has 1 heterocycles. The zero-order valence-corrected chi connectivity index (χ0v) is 12.7. The van der Waals surface area contributed by atoms with Gasteiger partial charge in [-0.3, -0.25) is 0 Å². The Labute approximate surface area is 128 Å². The van der Waals surface area contributed by atoms with Crippen molar-refractivity contribution in [1.29, 1.82) is 5.26 Å². The first-order valence-corrected chi connectivity index (χ1v) is 7.95. The predicted molar refractivity (Wildman–Crippen MR) is 85.9 cm³/mol. The van der Waals surface area contributed by atoms with E-state index in [1.54, 1.807) is 17.6 Å². The largest absolute Gasteiger partial charge is 0.493 e. The molecule has 0 saturated heterocycles. The Balaban J connectivity index is 1.93. The van der Waals surface area contributed by atoms with Crippen LogP contribution in [0.1, 0.15) is 34.9 Å². The number of hydrogen-bond donors (Lipinski definition) is 0. The molecule has 0 atom stereocenters. The highest BCUT2D eigenvalue weighted by molar-refractivity contribution is 7.16. The standard InChI is InChI=1S/C17H16N2OS/c1-2-20-15-8-4-3-6-12(15)11-19-17-14(10-18)13-7-5-9-16(13)21-17/h3-4,6,8,11H,2,5,7,9H2,1H3. The quantitative estimate of drug-likeness (QED) is 0.791. The van der Waals surface area contributed by atoms with Crippen LogP contribution in [0.2, 0.25) is 0 Å². The Hall–Kier alpha value is -2.12. The molecule has 0 bridgehead atoms. The van der Waals surface area contributed by atoms with E-state index in [9.17, 15) is 5.26 Å². The summed E-state index contributed by atoms with van der Waals surface area (Å²) in [6, 6.07) is 10.1. The molecule has 1 aromatic heterocycles. The molecule has 3 rings (SSSR count). The summed E-state index contributed by atoms with van der Waals surface area (Å²) in [6.07, 6.45) is 5.05. The summed E-state index contributed by atoms with van der Waals surface area (Å²) in [7, 11) is 0. The maximum Gasteiger partial charge on any atom is 0.134 e. The molecule has 0 unspecified atom stereocenters. The van der Waals surface area contributed by atoms with Crippen LogP contribution in [0, 0.1) is 11.3 Å². The van der Waals surface area contributed by atoms with E-state index in [1.807, 2.05) is 31.2 Å². The van der Waals surface area contributed by atoms with Gasteiger partial charge in [0, 0.05) is 16.7 Å². The summed E-state index contributed by atoms with van der Waals surface area (Å²) in [5, 5.41) is 10.2. The first-order valence-electron chi connectivity index (χ1n) is 7.14.